The number of hydrogen-bond donors (Lipinski definition) is 1. The van der Waals surface area contributed by atoms with E-state index in [0.717, 1.165) is 5.69 Å². The van der Waals surface area contributed by atoms with Crippen LogP contribution in [-0.2, 0) is 4.79 Å². The Kier molecular flexibility index (Phi) is 4.56. The van der Waals surface area contributed by atoms with Crippen LogP contribution in [-0.4, -0.2) is 15.3 Å². The molecule has 0 spiro atoms. The number of aromatic nitrogens is 2. The van der Waals surface area contributed by atoms with Crippen molar-refractivity contribution in [1.82, 2.24) is 9.38 Å². The van der Waals surface area contributed by atoms with Crippen LogP contribution in [0.5, 0.6) is 0 Å². The van der Waals surface area contributed by atoms with E-state index in [-0.39, 0.29) is 17.6 Å². The third-order valence-electron chi connectivity index (χ3n) is 3.56. The van der Waals surface area contributed by atoms with E-state index in [0.29, 0.717) is 22.8 Å². The summed E-state index contributed by atoms with van der Waals surface area (Å²) in [6.07, 6.45) is 1.34. The van der Waals surface area contributed by atoms with E-state index in [4.69, 9.17) is 0 Å². The second-order valence-corrected chi connectivity index (χ2v) is 5.98. The van der Waals surface area contributed by atoms with Crippen LogP contribution in [0.1, 0.15) is 32.4 Å². The van der Waals surface area contributed by atoms with Crippen molar-refractivity contribution in [2.45, 2.75) is 26.7 Å². The van der Waals surface area contributed by atoms with Crippen molar-refractivity contribution >= 4 is 28.7 Å². The molecular weight excluding hydrogens is 321 g/mol. The Morgan fingerprint density at radius 3 is 2.76 bits per heavy atom. The quantitative estimate of drug-likeness (QED) is 0.682. The number of carbonyl (C=O) groups excluding carboxylic acids is 1. The van der Waals surface area contributed by atoms with E-state index in [1.165, 1.54) is 19.2 Å². The highest BCUT2D eigenvalue weighted by molar-refractivity contribution is 5.89. The van der Waals surface area contributed by atoms with Gasteiger partial charge < -0.3 is 5.32 Å². The van der Waals surface area contributed by atoms with Crippen molar-refractivity contribution in [2.75, 3.05) is 5.32 Å². The first-order chi connectivity index (χ1) is 11.9. The summed E-state index contributed by atoms with van der Waals surface area (Å²) >= 11 is 0. The van der Waals surface area contributed by atoms with Crippen molar-refractivity contribution in [2.24, 2.45) is 10.2 Å². The van der Waals surface area contributed by atoms with E-state index in [1.54, 1.807) is 34.7 Å². The molecule has 0 unspecified atom stereocenters. The predicted molar refractivity (Wildman–Crippen MR) is 94.2 cm³/mol. The van der Waals surface area contributed by atoms with Crippen LogP contribution in [0.15, 0.2) is 52.8 Å². The average molecular weight is 339 g/mol. The number of rotatable bonds is 4. The summed E-state index contributed by atoms with van der Waals surface area (Å²) in [5.41, 5.74) is 2.57. The van der Waals surface area contributed by atoms with Gasteiger partial charge in [0.05, 0.1) is 11.4 Å². The number of imidazole rings is 1. The lowest BCUT2D eigenvalue weighted by atomic mass is 10.1. The molecule has 0 aliphatic heterocycles. The van der Waals surface area contributed by atoms with E-state index in [1.807, 2.05) is 13.8 Å². The van der Waals surface area contributed by atoms with Crippen LogP contribution >= 0.6 is 0 Å². The van der Waals surface area contributed by atoms with Crippen molar-refractivity contribution < 1.29 is 9.18 Å². The maximum absolute atomic E-state index is 13.6. The topological polar surface area (TPSA) is 71.1 Å². The van der Waals surface area contributed by atoms with Crippen LogP contribution in [0.25, 0.3) is 5.65 Å². The summed E-state index contributed by atoms with van der Waals surface area (Å²) < 4.78 is 15.2. The molecule has 1 N–H and O–H groups in total. The number of anilines is 1. The highest BCUT2D eigenvalue weighted by Crippen LogP contribution is 2.30. The minimum atomic E-state index is -0.371. The van der Waals surface area contributed by atoms with Crippen LogP contribution in [0.3, 0.4) is 0 Å². The molecule has 0 bridgehead atoms. The number of benzene rings is 1. The zero-order chi connectivity index (χ0) is 18.0. The van der Waals surface area contributed by atoms with Crippen molar-refractivity contribution in [1.29, 1.82) is 0 Å². The van der Waals surface area contributed by atoms with Gasteiger partial charge in [-0.05, 0) is 36.2 Å². The highest BCUT2D eigenvalue weighted by Gasteiger charge is 2.15. The van der Waals surface area contributed by atoms with E-state index in [2.05, 4.69) is 20.5 Å². The Labute approximate surface area is 144 Å². The number of halogens is 1. The fourth-order valence-electron chi connectivity index (χ4n) is 2.47. The molecule has 0 aliphatic rings. The molecule has 7 heteroatoms. The van der Waals surface area contributed by atoms with Gasteiger partial charge in [-0.1, -0.05) is 19.9 Å². The summed E-state index contributed by atoms with van der Waals surface area (Å²) in [6.45, 7) is 5.43. The molecule has 0 saturated carbocycles. The number of nitrogens with one attached hydrogen (secondary N) is 1. The molecule has 0 fully saturated rings. The number of nitrogens with zero attached hydrogens (tertiary/aromatic N) is 4. The molecule has 1 amide bonds. The van der Waals surface area contributed by atoms with Gasteiger partial charge >= 0.3 is 0 Å². The van der Waals surface area contributed by atoms with Gasteiger partial charge in [-0.2, -0.15) is 0 Å². The molecule has 1 aromatic carbocycles. The number of hydrogen-bond acceptors (Lipinski definition) is 4. The average Bonchev–Trinajstić information content (AvgIpc) is 2.91. The van der Waals surface area contributed by atoms with Gasteiger partial charge in [0.1, 0.15) is 11.5 Å². The van der Waals surface area contributed by atoms with Gasteiger partial charge in [-0.3, -0.25) is 9.20 Å². The second-order valence-electron chi connectivity index (χ2n) is 5.98. The van der Waals surface area contributed by atoms with Crippen LogP contribution in [0, 0.1) is 5.82 Å². The summed E-state index contributed by atoms with van der Waals surface area (Å²) in [4.78, 5) is 15.7. The zero-order valence-electron chi connectivity index (χ0n) is 14.2. The second kappa shape index (κ2) is 6.80. The van der Waals surface area contributed by atoms with Gasteiger partial charge in [0.2, 0.25) is 5.91 Å². The number of azo groups is 1. The first kappa shape index (κ1) is 16.8. The molecule has 3 aromatic rings. The summed E-state index contributed by atoms with van der Waals surface area (Å²) in [6, 6.07) is 10.0. The van der Waals surface area contributed by atoms with Crippen LogP contribution in [0.2, 0.25) is 0 Å². The monoisotopic (exact) mass is 339 g/mol. The Hall–Kier alpha value is -3.09. The molecule has 0 radical (unpaired) electrons. The molecule has 2 aromatic heterocycles. The summed E-state index contributed by atoms with van der Waals surface area (Å²) in [5.74, 6) is 0.0785. The SMILES string of the molecule is CC(=O)Nc1cccc(N=Nc2c(C(C)C)nc3ccc(F)cn23)c1. The number of fused-ring (bicyclic) bond motifs is 1. The molecule has 0 atom stereocenters. The molecule has 0 saturated heterocycles. The van der Waals surface area contributed by atoms with Crippen molar-refractivity contribution in [3.63, 3.8) is 0 Å². The van der Waals surface area contributed by atoms with Crippen molar-refractivity contribution in [3.05, 3.63) is 54.1 Å². The third-order valence-corrected chi connectivity index (χ3v) is 3.56. The van der Waals surface area contributed by atoms with Gasteiger partial charge in [0.25, 0.3) is 0 Å². The van der Waals surface area contributed by atoms with Crippen LogP contribution < -0.4 is 5.32 Å². The van der Waals surface area contributed by atoms with Gasteiger partial charge in [0.15, 0.2) is 5.82 Å². The smallest absolute Gasteiger partial charge is 0.221 e. The Balaban J connectivity index is 2.02. The molecule has 2 heterocycles. The van der Waals surface area contributed by atoms with E-state index < -0.39 is 0 Å². The fraction of sp³-hybridized carbons (Fsp3) is 0.222. The Morgan fingerprint density at radius 2 is 2.04 bits per heavy atom. The number of pyridine rings is 1. The first-order valence-electron chi connectivity index (χ1n) is 7.91. The molecule has 0 aliphatic carbocycles. The van der Waals surface area contributed by atoms with Gasteiger partial charge in [-0.25, -0.2) is 9.37 Å². The normalized spacial score (nSPS) is 11.6. The first-order valence-corrected chi connectivity index (χ1v) is 7.91. The highest BCUT2D eigenvalue weighted by atomic mass is 19.1. The summed E-state index contributed by atoms with van der Waals surface area (Å²) in [7, 11) is 0. The lowest BCUT2D eigenvalue weighted by Crippen LogP contribution is -2.04. The summed E-state index contributed by atoms with van der Waals surface area (Å²) in [5, 5.41) is 11.2. The van der Waals surface area contributed by atoms with Crippen molar-refractivity contribution in [3.8, 4) is 0 Å². The van der Waals surface area contributed by atoms with E-state index in [9.17, 15) is 9.18 Å². The molecular formula is C18H18FN5O. The van der Waals surface area contributed by atoms with Gasteiger partial charge in [-0.15, -0.1) is 10.2 Å². The zero-order valence-corrected chi connectivity index (χ0v) is 14.2. The third kappa shape index (κ3) is 3.71. The Morgan fingerprint density at radius 1 is 1.24 bits per heavy atom. The van der Waals surface area contributed by atoms with E-state index >= 15 is 0 Å². The maximum Gasteiger partial charge on any atom is 0.221 e. The molecule has 3 rings (SSSR count). The minimum Gasteiger partial charge on any atom is -0.326 e. The largest absolute Gasteiger partial charge is 0.326 e. The van der Waals surface area contributed by atoms with Gasteiger partial charge in [0, 0.05) is 18.8 Å². The molecule has 128 valence electrons. The predicted octanol–water partition coefficient (Wildman–Crippen LogP) is 4.97. The lowest BCUT2D eigenvalue weighted by Gasteiger charge is -2.03. The molecule has 6 nitrogen and oxygen atoms in total. The molecule has 25 heavy (non-hydrogen) atoms. The van der Waals surface area contributed by atoms with Crippen LogP contribution in [0.4, 0.5) is 21.6 Å². The number of carbonyl (C=O) groups is 1. The maximum atomic E-state index is 13.6. The Bertz CT molecular complexity index is 961. The standard InChI is InChI=1S/C18H18FN5O/c1-11(2)17-18(24-10-13(19)7-8-16(24)21-17)23-22-15-6-4-5-14(9-15)20-12(3)25/h4-11H,1-3H3,(H,20,25). The number of amides is 1. The lowest BCUT2D eigenvalue weighted by molar-refractivity contribution is -0.114. The fourth-order valence-corrected chi connectivity index (χ4v) is 2.47. The minimum absolute atomic E-state index is 0.114.